The van der Waals surface area contributed by atoms with E-state index in [0.29, 0.717) is 11.8 Å². The molecule has 2 bridgehead atoms. The third-order valence-corrected chi connectivity index (χ3v) is 8.08. The number of hydrogen-bond donors (Lipinski definition) is 0. The van der Waals surface area contributed by atoms with Crippen LogP contribution >= 0.6 is 24.0 Å². The molecule has 5 nitrogen and oxygen atoms in total. The number of rotatable bonds is 2. The smallest absolute Gasteiger partial charge is 0.250 e. The fourth-order valence-electron chi connectivity index (χ4n) is 5.11. The van der Waals surface area contributed by atoms with Crippen molar-refractivity contribution in [1.29, 1.82) is 0 Å². The van der Waals surface area contributed by atoms with Crippen molar-refractivity contribution in [3.8, 4) is 0 Å². The Morgan fingerprint density at radius 2 is 1.97 bits per heavy atom. The largest absolute Gasteiger partial charge is 0.356 e. The molecule has 3 atom stereocenters. The van der Waals surface area contributed by atoms with E-state index in [1.807, 2.05) is 40.7 Å². The van der Waals surface area contributed by atoms with Crippen LogP contribution in [0.4, 0.5) is 5.69 Å². The summed E-state index contributed by atoms with van der Waals surface area (Å²) in [7, 11) is 0. The average Bonchev–Trinajstić information content (AvgIpc) is 3.18. The molecule has 0 saturated carbocycles. The van der Waals surface area contributed by atoms with Gasteiger partial charge in [-0.3, -0.25) is 9.59 Å². The van der Waals surface area contributed by atoms with Gasteiger partial charge in [0, 0.05) is 49.5 Å². The number of thiocarbonyl (C=S) groups is 1. The topological polar surface area (TPSA) is 45.6 Å². The predicted molar refractivity (Wildman–Crippen MR) is 125 cm³/mol. The lowest BCUT2D eigenvalue weighted by Crippen LogP contribution is -2.48. The van der Waals surface area contributed by atoms with Crippen LogP contribution in [0.2, 0.25) is 0 Å². The van der Waals surface area contributed by atoms with Gasteiger partial charge in [0.1, 0.15) is 4.32 Å². The first-order valence-corrected chi connectivity index (χ1v) is 11.8. The highest BCUT2D eigenvalue weighted by molar-refractivity contribution is 8.23. The molecule has 7 heteroatoms. The van der Waals surface area contributed by atoms with Gasteiger partial charge >= 0.3 is 0 Å². The number of piperidine rings is 1. The molecule has 1 aromatic carbocycles. The first kappa shape index (κ1) is 19.8. The van der Waals surface area contributed by atoms with Crippen molar-refractivity contribution in [3.05, 3.63) is 64.1 Å². The van der Waals surface area contributed by atoms with E-state index < -0.39 is 0 Å². The molecule has 0 unspecified atom stereocenters. The van der Waals surface area contributed by atoms with Gasteiger partial charge in [0.2, 0.25) is 5.91 Å². The van der Waals surface area contributed by atoms with Crippen LogP contribution in [0.1, 0.15) is 30.5 Å². The van der Waals surface area contributed by atoms with E-state index >= 15 is 0 Å². The molecule has 30 heavy (non-hydrogen) atoms. The second-order valence-corrected chi connectivity index (χ2v) is 10.5. The van der Waals surface area contributed by atoms with Crippen molar-refractivity contribution in [2.45, 2.75) is 37.5 Å². The van der Waals surface area contributed by atoms with E-state index in [-0.39, 0.29) is 16.7 Å². The molecule has 0 N–H and O–H groups in total. The van der Waals surface area contributed by atoms with E-state index in [2.05, 4.69) is 17.0 Å². The molecule has 3 aliphatic rings. The Bertz CT molecular complexity index is 1070. The molecule has 1 aromatic heterocycles. The van der Waals surface area contributed by atoms with Crippen molar-refractivity contribution in [1.82, 2.24) is 9.47 Å². The Hall–Kier alpha value is -2.12. The van der Waals surface area contributed by atoms with Crippen molar-refractivity contribution in [3.63, 3.8) is 0 Å². The number of pyridine rings is 1. The lowest BCUT2D eigenvalue weighted by atomic mass is 9.83. The van der Waals surface area contributed by atoms with E-state index in [1.54, 1.807) is 6.07 Å². The Balaban J connectivity index is 1.26. The first-order valence-electron chi connectivity index (χ1n) is 10.6. The number of thioether (sulfide) groups is 1. The fraction of sp³-hybridized carbons (Fsp3) is 0.435. The maximum Gasteiger partial charge on any atom is 0.250 e. The average molecular weight is 440 g/mol. The monoisotopic (exact) mass is 439 g/mol. The maximum atomic E-state index is 13.1. The van der Waals surface area contributed by atoms with Gasteiger partial charge in [-0.2, -0.15) is 0 Å². The zero-order valence-electron chi connectivity index (χ0n) is 17.0. The van der Waals surface area contributed by atoms with Crippen LogP contribution in [0.25, 0.3) is 0 Å². The number of benzene rings is 1. The Labute approximate surface area is 186 Å². The van der Waals surface area contributed by atoms with E-state index in [4.69, 9.17) is 12.2 Å². The predicted octanol–water partition coefficient (Wildman–Crippen LogP) is 3.26. The van der Waals surface area contributed by atoms with Gasteiger partial charge < -0.3 is 14.4 Å². The minimum absolute atomic E-state index is 0.0951. The van der Waals surface area contributed by atoms with Crippen LogP contribution in [-0.4, -0.2) is 44.6 Å². The number of hydrogen-bond acceptors (Lipinski definition) is 4. The van der Waals surface area contributed by atoms with Crippen molar-refractivity contribution >= 4 is 39.9 Å². The van der Waals surface area contributed by atoms with Crippen LogP contribution in [-0.2, 0) is 17.8 Å². The molecule has 0 aliphatic carbocycles. The summed E-state index contributed by atoms with van der Waals surface area (Å²) >= 11 is 7.27. The Morgan fingerprint density at radius 1 is 1.13 bits per heavy atom. The highest BCUT2D eigenvalue weighted by atomic mass is 32.2. The van der Waals surface area contributed by atoms with Crippen LogP contribution in [0.15, 0.2) is 47.3 Å². The zero-order valence-corrected chi connectivity index (χ0v) is 18.6. The normalized spacial score (nSPS) is 23.0. The zero-order chi connectivity index (χ0) is 20.8. The van der Waals surface area contributed by atoms with Crippen molar-refractivity contribution < 1.29 is 4.79 Å². The summed E-state index contributed by atoms with van der Waals surface area (Å²) in [5.74, 6) is 0.870. The molecular weight excluding hydrogens is 414 g/mol. The Morgan fingerprint density at radius 3 is 2.83 bits per heavy atom. The van der Waals surface area contributed by atoms with Gasteiger partial charge in [0.25, 0.3) is 5.56 Å². The summed E-state index contributed by atoms with van der Waals surface area (Å²) in [5, 5.41) is -0.222. The number of para-hydroxylation sites is 1. The lowest BCUT2D eigenvalue weighted by molar-refractivity contribution is -0.117. The fourth-order valence-corrected chi connectivity index (χ4v) is 6.52. The molecule has 1 saturated heterocycles. The maximum absolute atomic E-state index is 13.1. The molecule has 1 amide bonds. The van der Waals surface area contributed by atoms with Gasteiger partial charge in [0.05, 0.1) is 5.25 Å². The van der Waals surface area contributed by atoms with Crippen LogP contribution < -0.4 is 10.5 Å². The number of fused-ring (bicyclic) bond motifs is 5. The highest BCUT2D eigenvalue weighted by Crippen LogP contribution is 2.37. The minimum atomic E-state index is -0.222. The van der Waals surface area contributed by atoms with Crippen LogP contribution in [0.3, 0.4) is 0 Å². The van der Waals surface area contributed by atoms with E-state index in [0.717, 1.165) is 54.7 Å². The summed E-state index contributed by atoms with van der Waals surface area (Å²) in [6.07, 6.45) is 2.02. The van der Waals surface area contributed by atoms with Gasteiger partial charge in [-0.05, 0) is 43.4 Å². The number of aromatic nitrogens is 1. The number of anilines is 1. The van der Waals surface area contributed by atoms with Crippen molar-refractivity contribution in [2.75, 3.05) is 24.5 Å². The van der Waals surface area contributed by atoms with Crippen LogP contribution in [0.5, 0.6) is 0 Å². The second kappa shape index (κ2) is 7.85. The number of carbonyl (C=O) groups excluding carboxylic acids is 1. The van der Waals surface area contributed by atoms with Gasteiger partial charge in [-0.1, -0.05) is 48.2 Å². The molecular formula is C23H25N3O2S2. The van der Waals surface area contributed by atoms with E-state index in [1.165, 1.54) is 17.3 Å². The molecule has 2 aromatic rings. The third kappa shape index (κ3) is 3.48. The van der Waals surface area contributed by atoms with E-state index in [9.17, 15) is 9.59 Å². The summed E-state index contributed by atoms with van der Waals surface area (Å²) in [5.41, 5.74) is 3.49. The number of carbonyl (C=O) groups is 1. The van der Waals surface area contributed by atoms with Crippen molar-refractivity contribution in [2.24, 2.45) is 5.92 Å². The summed E-state index contributed by atoms with van der Waals surface area (Å²) in [6.45, 7) is 5.14. The highest BCUT2D eigenvalue weighted by Gasteiger charge is 2.36. The van der Waals surface area contributed by atoms with Crippen LogP contribution in [0, 0.1) is 5.92 Å². The summed E-state index contributed by atoms with van der Waals surface area (Å²) in [4.78, 5) is 29.5. The summed E-state index contributed by atoms with van der Waals surface area (Å²) in [6, 6.07) is 13.7. The number of amides is 1. The second-order valence-electron chi connectivity index (χ2n) is 8.50. The Kier molecular flexibility index (Phi) is 5.19. The van der Waals surface area contributed by atoms with Gasteiger partial charge in [0.15, 0.2) is 0 Å². The van der Waals surface area contributed by atoms with Gasteiger partial charge in [-0.25, -0.2) is 0 Å². The van der Waals surface area contributed by atoms with Gasteiger partial charge in [-0.15, -0.1) is 0 Å². The molecule has 5 rings (SSSR count). The standard InChI is InChI=1S/C23H25N3O2S2/c1-15(22(28)25-10-9-17-5-2-3-6-19(17)25)30-23(29)24-12-16-11-18(14-24)20-7-4-8-21(27)26(20)13-16/h2-8,15-16,18H,9-14H2,1H3/t15-,16+,18-/m0/s1. The molecule has 156 valence electrons. The first-order chi connectivity index (χ1) is 14.5. The third-order valence-electron chi connectivity index (χ3n) is 6.52. The summed E-state index contributed by atoms with van der Waals surface area (Å²) < 4.78 is 2.73. The quantitative estimate of drug-likeness (QED) is 0.672. The molecule has 3 aliphatic heterocycles. The SMILES string of the molecule is C[C@H](SC(=S)N1C[C@H]2C[C@@H](C1)c1cccc(=O)n1C2)C(=O)N1CCc2ccccc21. The lowest BCUT2D eigenvalue weighted by Gasteiger charge is -2.43. The number of likely N-dealkylation sites (tertiary alicyclic amines) is 1. The molecule has 0 spiro atoms. The number of nitrogens with zero attached hydrogens (tertiary/aromatic N) is 3. The molecule has 4 heterocycles. The minimum Gasteiger partial charge on any atom is -0.356 e. The molecule has 0 radical (unpaired) electrons. The molecule has 1 fully saturated rings.